The molecule has 1 unspecified atom stereocenters. The Morgan fingerprint density at radius 2 is 1.57 bits per heavy atom. The van der Waals surface area contributed by atoms with Gasteiger partial charge in [-0.25, -0.2) is 4.79 Å². The number of rotatable bonds is 7. The van der Waals surface area contributed by atoms with E-state index in [4.69, 9.17) is 19.7 Å². The highest BCUT2D eigenvalue weighted by atomic mass is 19.4. The number of halogens is 9. The quantitative estimate of drug-likeness (QED) is 0.255. The van der Waals surface area contributed by atoms with E-state index in [1.54, 1.807) is 18.7 Å². The van der Waals surface area contributed by atoms with Crippen molar-refractivity contribution in [2.45, 2.75) is 69.3 Å². The lowest BCUT2D eigenvalue weighted by Crippen LogP contribution is -2.61. The molecule has 49 heavy (non-hydrogen) atoms. The monoisotopic (exact) mass is 709 g/mol. The van der Waals surface area contributed by atoms with E-state index < -0.39 is 65.4 Å². The molecule has 3 aromatic rings. The van der Waals surface area contributed by atoms with Crippen LogP contribution in [-0.4, -0.2) is 59.7 Å². The van der Waals surface area contributed by atoms with Gasteiger partial charge in [0.05, 0.1) is 54.2 Å². The number of hydrogen-bond acceptors (Lipinski definition) is 8. The van der Waals surface area contributed by atoms with Crippen LogP contribution in [0.5, 0.6) is 0 Å². The molecule has 5 rings (SSSR count). The summed E-state index contributed by atoms with van der Waals surface area (Å²) < 4.78 is 140. The molecule has 18 heteroatoms. The minimum absolute atomic E-state index is 0.0135. The first-order valence-corrected chi connectivity index (χ1v) is 15.3. The van der Waals surface area contributed by atoms with Crippen LogP contribution >= 0.6 is 0 Å². The van der Waals surface area contributed by atoms with Crippen molar-refractivity contribution >= 4 is 11.8 Å². The fourth-order valence-corrected chi connectivity index (χ4v) is 6.16. The van der Waals surface area contributed by atoms with Crippen LogP contribution < -0.4 is 10.6 Å². The highest BCUT2D eigenvalue weighted by Gasteiger charge is 2.48. The maximum Gasteiger partial charge on any atom is 0.416 e. The number of anilines is 1. The number of nitrogens with zero attached hydrogens (tertiary/aromatic N) is 4. The molecular weight excluding hydrogens is 677 g/mol. The molecule has 3 heterocycles. The van der Waals surface area contributed by atoms with Crippen molar-refractivity contribution in [2.75, 3.05) is 37.8 Å². The van der Waals surface area contributed by atoms with Crippen molar-refractivity contribution in [3.8, 4) is 0 Å². The second-order valence-electron chi connectivity index (χ2n) is 11.8. The molecule has 2 aromatic carbocycles. The highest BCUT2D eigenvalue weighted by Crippen LogP contribution is 2.48. The van der Waals surface area contributed by atoms with Gasteiger partial charge in [0.1, 0.15) is 5.66 Å². The number of aromatic nitrogens is 2. The van der Waals surface area contributed by atoms with Crippen molar-refractivity contribution < 1.29 is 58.3 Å². The lowest BCUT2D eigenvalue weighted by atomic mass is 9.80. The molecule has 0 radical (unpaired) electrons. The number of amides is 1. The van der Waals surface area contributed by atoms with Crippen molar-refractivity contribution in [3.63, 3.8) is 0 Å². The Kier molecular flexibility index (Phi) is 9.97. The smallest absolute Gasteiger partial charge is 0.416 e. The van der Waals surface area contributed by atoms with Crippen LogP contribution in [0.2, 0.25) is 0 Å². The number of carbonyl (C=O) groups is 1. The van der Waals surface area contributed by atoms with Gasteiger partial charge >= 0.3 is 24.6 Å². The van der Waals surface area contributed by atoms with Crippen LogP contribution in [0.3, 0.4) is 0 Å². The summed E-state index contributed by atoms with van der Waals surface area (Å²) in [4.78, 5) is 20.3. The zero-order valence-electron chi connectivity index (χ0n) is 26.2. The average Bonchev–Trinajstić information content (AvgIpc) is 3.52. The molecule has 9 nitrogen and oxygen atoms in total. The van der Waals surface area contributed by atoms with Crippen molar-refractivity contribution in [3.05, 3.63) is 75.9 Å². The zero-order chi connectivity index (χ0) is 35.9. The van der Waals surface area contributed by atoms with E-state index in [2.05, 4.69) is 10.1 Å². The minimum atomic E-state index is -5.07. The standard InChI is InChI=1S/C31H32F9N5O4/c1-3-28(41)16-22(21-15-18(29(32,33)34)5-6-23(21)45(28)27(46)48-4-2)25-42-26(49-43-25)24(44-7-9-47-10-8-44)13-17-11-19(30(35,36)37)14-20(12-17)31(38,39)40/h5-6,11-12,14-15,22,24H,3-4,7-10,13,16,41H2,1-2H3/t22-,24?,28+/m0/s1. The van der Waals surface area contributed by atoms with E-state index in [0.717, 1.165) is 23.1 Å². The maximum atomic E-state index is 13.9. The summed E-state index contributed by atoms with van der Waals surface area (Å²) in [6.45, 7) is 3.99. The number of hydrogen-bond donors (Lipinski definition) is 1. The Hall–Kier alpha value is -3.90. The third-order valence-electron chi connectivity index (χ3n) is 8.65. The predicted octanol–water partition coefficient (Wildman–Crippen LogP) is 7.31. The molecule has 2 aliphatic heterocycles. The number of carbonyl (C=O) groups excluding carboxylic acids is 1. The summed E-state index contributed by atoms with van der Waals surface area (Å²) in [6.07, 6.45) is -16.3. The number of nitrogens with two attached hydrogens (primary N) is 1. The summed E-state index contributed by atoms with van der Waals surface area (Å²) in [5.74, 6) is -1.40. The Morgan fingerprint density at radius 1 is 0.959 bits per heavy atom. The van der Waals surface area contributed by atoms with Crippen molar-refractivity contribution in [2.24, 2.45) is 5.73 Å². The largest absolute Gasteiger partial charge is 0.449 e. The Balaban J connectivity index is 1.60. The first-order valence-electron chi connectivity index (χ1n) is 15.3. The lowest BCUT2D eigenvalue weighted by molar-refractivity contribution is -0.143. The minimum Gasteiger partial charge on any atom is -0.449 e. The number of ether oxygens (including phenoxy) is 2. The van der Waals surface area contributed by atoms with Crippen LogP contribution in [0.4, 0.5) is 50.0 Å². The lowest BCUT2D eigenvalue weighted by Gasteiger charge is -2.46. The van der Waals surface area contributed by atoms with Gasteiger partial charge in [0.25, 0.3) is 0 Å². The molecule has 268 valence electrons. The molecule has 1 amide bonds. The summed E-state index contributed by atoms with van der Waals surface area (Å²) in [5, 5.41) is 4.03. The molecule has 2 N–H and O–H groups in total. The number of fused-ring (bicyclic) bond motifs is 1. The SMILES string of the molecule is CCOC(=O)N1c2ccc(C(F)(F)F)cc2[C@@H](c2noc(C(Cc3cc(C(F)(F)F)cc(C(F)(F)F)c3)N3CCOCC3)n2)C[C@@]1(N)CC. The molecule has 1 saturated heterocycles. The summed E-state index contributed by atoms with van der Waals surface area (Å²) in [6, 6.07) is 2.96. The predicted molar refractivity (Wildman–Crippen MR) is 154 cm³/mol. The highest BCUT2D eigenvalue weighted by molar-refractivity contribution is 5.91. The maximum absolute atomic E-state index is 13.9. The fourth-order valence-electron chi connectivity index (χ4n) is 6.16. The second kappa shape index (κ2) is 13.4. The molecule has 3 atom stereocenters. The average molecular weight is 710 g/mol. The molecular formula is C31H32F9N5O4. The van der Waals surface area contributed by atoms with Crippen LogP contribution in [0, 0.1) is 0 Å². The van der Waals surface area contributed by atoms with Gasteiger partial charge < -0.3 is 19.7 Å². The number of benzene rings is 2. The van der Waals surface area contributed by atoms with E-state index in [1.807, 2.05) is 0 Å². The van der Waals surface area contributed by atoms with Gasteiger partial charge in [0.2, 0.25) is 5.89 Å². The molecule has 2 aliphatic rings. The van der Waals surface area contributed by atoms with Crippen molar-refractivity contribution in [1.29, 1.82) is 0 Å². The first kappa shape index (κ1) is 36.4. The van der Waals surface area contributed by atoms with Gasteiger partial charge in [-0.15, -0.1) is 0 Å². The molecule has 1 fully saturated rings. The summed E-state index contributed by atoms with van der Waals surface area (Å²) >= 11 is 0. The molecule has 0 aliphatic carbocycles. The van der Waals surface area contributed by atoms with Crippen LogP contribution in [0.25, 0.3) is 0 Å². The first-order chi connectivity index (χ1) is 22.9. The van der Waals surface area contributed by atoms with Crippen LogP contribution in [-0.2, 0) is 34.4 Å². The summed E-state index contributed by atoms with van der Waals surface area (Å²) in [7, 11) is 0. The number of morpholine rings is 1. The topological polar surface area (TPSA) is 107 Å². The van der Waals surface area contributed by atoms with E-state index in [1.165, 1.54) is 0 Å². The summed E-state index contributed by atoms with van der Waals surface area (Å²) in [5.41, 5.74) is 0.893. The van der Waals surface area contributed by atoms with E-state index in [0.29, 0.717) is 12.1 Å². The van der Waals surface area contributed by atoms with Crippen LogP contribution in [0.1, 0.15) is 78.2 Å². The molecule has 0 saturated carbocycles. The van der Waals surface area contributed by atoms with Gasteiger partial charge in [-0.05, 0) is 73.7 Å². The van der Waals surface area contributed by atoms with E-state index in [-0.39, 0.29) is 80.3 Å². The van der Waals surface area contributed by atoms with Gasteiger partial charge in [-0.3, -0.25) is 9.80 Å². The Morgan fingerprint density at radius 3 is 2.12 bits per heavy atom. The molecule has 0 bridgehead atoms. The molecule has 1 aromatic heterocycles. The Labute approximate surface area is 274 Å². The van der Waals surface area contributed by atoms with Crippen molar-refractivity contribution in [1.82, 2.24) is 15.0 Å². The van der Waals surface area contributed by atoms with Gasteiger partial charge in [-0.2, -0.15) is 44.5 Å². The third-order valence-corrected chi connectivity index (χ3v) is 8.65. The number of alkyl halides is 9. The second-order valence-corrected chi connectivity index (χ2v) is 11.8. The normalized spacial score (nSPS) is 21.4. The Bertz CT molecular complexity index is 1620. The zero-order valence-corrected chi connectivity index (χ0v) is 26.2. The van der Waals surface area contributed by atoms with Gasteiger partial charge in [0.15, 0.2) is 5.82 Å². The van der Waals surface area contributed by atoms with Gasteiger partial charge in [0, 0.05) is 13.1 Å². The third kappa shape index (κ3) is 7.65. The van der Waals surface area contributed by atoms with Crippen LogP contribution in [0.15, 0.2) is 40.9 Å². The fraction of sp³-hybridized carbons (Fsp3) is 0.516. The van der Waals surface area contributed by atoms with E-state index >= 15 is 0 Å². The molecule has 0 spiro atoms. The van der Waals surface area contributed by atoms with E-state index in [9.17, 15) is 44.3 Å². The van der Waals surface area contributed by atoms with Gasteiger partial charge in [-0.1, -0.05) is 12.1 Å².